The van der Waals surface area contributed by atoms with Crippen molar-refractivity contribution in [2.45, 2.75) is 20.3 Å². The van der Waals surface area contributed by atoms with Crippen LogP contribution in [0.15, 0.2) is 42.5 Å². The summed E-state index contributed by atoms with van der Waals surface area (Å²) in [7, 11) is 0. The number of rotatable bonds is 3. The topological polar surface area (TPSA) is 42.0 Å². The maximum Gasteiger partial charge on any atom is 0.230 e. The molecule has 0 aliphatic carbocycles. The number of aromatic nitrogens is 1. The standard InChI is InChI=1S/C17H16N2OS/c1-11-7-8-13(9-12(11)2)10-16(20)19-17-18-14-5-3-4-6-15(14)21-17/h3-9H,10H2,1-2H3,(H,18,19,20). The Bertz CT molecular complexity index is 774. The average molecular weight is 296 g/mol. The number of nitrogens with zero attached hydrogens (tertiary/aromatic N) is 1. The number of carbonyl (C=O) groups excluding carboxylic acids is 1. The first-order valence-corrected chi connectivity index (χ1v) is 7.65. The molecule has 0 spiro atoms. The maximum atomic E-state index is 12.1. The molecule has 0 aliphatic rings. The van der Waals surface area contributed by atoms with Crippen molar-refractivity contribution in [3.05, 3.63) is 59.2 Å². The maximum absolute atomic E-state index is 12.1. The van der Waals surface area contributed by atoms with Gasteiger partial charge in [-0.25, -0.2) is 4.98 Å². The van der Waals surface area contributed by atoms with Crippen molar-refractivity contribution in [1.29, 1.82) is 0 Å². The van der Waals surface area contributed by atoms with Gasteiger partial charge in [0.25, 0.3) is 0 Å². The molecule has 0 aliphatic heterocycles. The van der Waals surface area contributed by atoms with Crippen LogP contribution in [0.3, 0.4) is 0 Å². The van der Waals surface area contributed by atoms with Crippen LogP contribution >= 0.6 is 11.3 Å². The molecule has 0 unspecified atom stereocenters. The minimum absolute atomic E-state index is 0.0303. The van der Waals surface area contributed by atoms with Crippen molar-refractivity contribution in [1.82, 2.24) is 4.98 Å². The number of carbonyl (C=O) groups is 1. The van der Waals surface area contributed by atoms with Gasteiger partial charge in [-0.3, -0.25) is 4.79 Å². The Labute approximate surface area is 127 Å². The summed E-state index contributed by atoms with van der Waals surface area (Å²) in [5.74, 6) is -0.0303. The molecular weight excluding hydrogens is 280 g/mol. The number of benzene rings is 2. The lowest BCUT2D eigenvalue weighted by atomic mass is 10.0. The molecule has 0 saturated heterocycles. The molecule has 106 valence electrons. The van der Waals surface area contributed by atoms with E-state index in [0.717, 1.165) is 15.8 Å². The monoisotopic (exact) mass is 296 g/mol. The highest BCUT2D eigenvalue weighted by Gasteiger charge is 2.08. The summed E-state index contributed by atoms with van der Waals surface area (Å²) < 4.78 is 1.08. The van der Waals surface area contributed by atoms with E-state index in [2.05, 4.69) is 36.3 Å². The molecule has 4 heteroatoms. The first-order valence-electron chi connectivity index (χ1n) is 6.83. The quantitative estimate of drug-likeness (QED) is 0.791. The molecule has 0 radical (unpaired) electrons. The van der Waals surface area contributed by atoms with E-state index in [9.17, 15) is 4.79 Å². The fourth-order valence-corrected chi connectivity index (χ4v) is 3.07. The third-order valence-corrected chi connectivity index (χ3v) is 4.43. The fraction of sp³-hybridized carbons (Fsp3) is 0.176. The normalized spacial score (nSPS) is 10.8. The number of hydrogen-bond acceptors (Lipinski definition) is 3. The second kappa shape index (κ2) is 5.66. The number of fused-ring (bicyclic) bond motifs is 1. The van der Waals surface area contributed by atoms with Gasteiger partial charge in [-0.2, -0.15) is 0 Å². The molecule has 21 heavy (non-hydrogen) atoms. The third-order valence-electron chi connectivity index (χ3n) is 3.48. The molecule has 0 atom stereocenters. The summed E-state index contributed by atoms with van der Waals surface area (Å²) in [5, 5.41) is 3.54. The summed E-state index contributed by atoms with van der Waals surface area (Å²) in [6.45, 7) is 4.13. The van der Waals surface area contributed by atoms with Gasteiger partial charge in [0.15, 0.2) is 5.13 Å². The first kappa shape index (κ1) is 13.8. The highest BCUT2D eigenvalue weighted by atomic mass is 32.1. The first-order chi connectivity index (χ1) is 10.1. The molecule has 0 saturated carbocycles. The van der Waals surface area contributed by atoms with E-state index in [1.807, 2.05) is 30.3 Å². The van der Waals surface area contributed by atoms with Crippen LogP contribution in [0, 0.1) is 13.8 Å². The predicted molar refractivity (Wildman–Crippen MR) is 87.9 cm³/mol. The lowest BCUT2D eigenvalue weighted by Crippen LogP contribution is -2.14. The van der Waals surface area contributed by atoms with Gasteiger partial charge in [-0.05, 0) is 42.7 Å². The highest BCUT2D eigenvalue weighted by molar-refractivity contribution is 7.22. The number of hydrogen-bond donors (Lipinski definition) is 1. The van der Waals surface area contributed by atoms with Crippen molar-refractivity contribution in [2.24, 2.45) is 0 Å². The number of para-hydroxylation sites is 1. The highest BCUT2D eigenvalue weighted by Crippen LogP contribution is 2.25. The zero-order chi connectivity index (χ0) is 14.8. The van der Waals surface area contributed by atoms with Gasteiger partial charge in [-0.1, -0.05) is 41.7 Å². The van der Waals surface area contributed by atoms with Gasteiger partial charge in [0, 0.05) is 0 Å². The minimum atomic E-state index is -0.0303. The van der Waals surface area contributed by atoms with Gasteiger partial charge in [0.2, 0.25) is 5.91 Å². The fourth-order valence-electron chi connectivity index (χ4n) is 2.19. The Morgan fingerprint density at radius 2 is 1.95 bits per heavy atom. The molecule has 3 aromatic rings. The van der Waals surface area contributed by atoms with E-state index in [4.69, 9.17) is 0 Å². The molecular formula is C17H16N2OS. The van der Waals surface area contributed by atoms with Gasteiger partial charge in [-0.15, -0.1) is 0 Å². The molecule has 1 heterocycles. The predicted octanol–water partition coefficient (Wildman–Crippen LogP) is 4.09. The second-order valence-electron chi connectivity index (χ2n) is 5.13. The molecule has 3 nitrogen and oxygen atoms in total. The number of anilines is 1. The van der Waals surface area contributed by atoms with Crippen LogP contribution < -0.4 is 5.32 Å². The molecule has 0 bridgehead atoms. The lowest BCUT2D eigenvalue weighted by Gasteiger charge is -2.05. The van der Waals surface area contributed by atoms with E-state index in [-0.39, 0.29) is 5.91 Å². The Morgan fingerprint density at radius 1 is 1.14 bits per heavy atom. The molecule has 3 rings (SSSR count). The van der Waals surface area contributed by atoms with Crippen LogP contribution in [0.5, 0.6) is 0 Å². The second-order valence-corrected chi connectivity index (χ2v) is 6.16. The van der Waals surface area contributed by atoms with E-state index in [1.54, 1.807) is 0 Å². The summed E-state index contributed by atoms with van der Waals surface area (Å²) in [6.07, 6.45) is 0.372. The van der Waals surface area contributed by atoms with Gasteiger partial charge < -0.3 is 5.32 Å². The summed E-state index contributed by atoms with van der Waals surface area (Å²) in [5.41, 5.74) is 4.39. The Kier molecular flexibility index (Phi) is 3.71. The largest absolute Gasteiger partial charge is 0.302 e. The smallest absolute Gasteiger partial charge is 0.230 e. The van der Waals surface area contributed by atoms with Crippen molar-refractivity contribution < 1.29 is 4.79 Å². The number of thiazole rings is 1. The Balaban J connectivity index is 1.72. The third kappa shape index (κ3) is 3.11. The molecule has 1 aromatic heterocycles. The van der Waals surface area contributed by atoms with E-state index in [1.165, 1.54) is 22.5 Å². The summed E-state index contributed by atoms with van der Waals surface area (Å²) in [6, 6.07) is 14.0. The molecule has 1 N–H and O–H groups in total. The van der Waals surface area contributed by atoms with Crippen molar-refractivity contribution >= 4 is 32.6 Å². The minimum Gasteiger partial charge on any atom is -0.302 e. The van der Waals surface area contributed by atoms with E-state index < -0.39 is 0 Å². The SMILES string of the molecule is Cc1ccc(CC(=O)Nc2nc3ccccc3s2)cc1C. The molecule has 1 amide bonds. The van der Waals surface area contributed by atoms with Crippen LogP contribution in [0.2, 0.25) is 0 Å². The van der Waals surface area contributed by atoms with Crippen molar-refractivity contribution in [2.75, 3.05) is 5.32 Å². The van der Waals surface area contributed by atoms with E-state index >= 15 is 0 Å². The Hall–Kier alpha value is -2.20. The lowest BCUT2D eigenvalue weighted by molar-refractivity contribution is -0.115. The summed E-state index contributed by atoms with van der Waals surface area (Å²) >= 11 is 1.50. The number of amides is 1. The van der Waals surface area contributed by atoms with Crippen LogP contribution in [-0.4, -0.2) is 10.9 Å². The average Bonchev–Trinajstić information content (AvgIpc) is 2.84. The van der Waals surface area contributed by atoms with Crippen LogP contribution in [0.4, 0.5) is 5.13 Å². The van der Waals surface area contributed by atoms with Crippen LogP contribution in [-0.2, 0) is 11.2 Å². The van der Waals surface area contributed by atoms with Gasteiger partial charge in [0.05, 0.1) is 16.6 Å². The Morgan fingerprint density at radius 3 is 2.71 bits per heavy atom. The zero-order valence-corrected chi connectivity index (χ0v) is 12.8. The van der Waals surface area contributed by atoms with Crippen molar-refractivity contribution in [3.63, 3.8) is 0 Å². The number of aryl methyl sites for hydroxylation is 2. The van der Waals surface area contributed by atoms with Gasteiger partial charge >= 0.3 is 0 Å². The van der Waals surface area contributed by atoms with Crippen molar-refractivity contribution in [3.8, 4) is 0 Å². The zero-order valence-electron chi connectivity index (χ0n) is 12.0. The molecule has 0 fully saturated rings. The van der Waals surface area contributed by atoms with Crippen LogP contribution in [0.1, 0.15) is 16.7 Å². The molecule has 2 aromatic carbocycles. The number of nitrogens with one attached hydrogen (secondary N) is 1. The van der Waals surface area contributed by atoms with Crippen LogP contribution in [0.25, 0.3) is 10.2 Å². The summed E-state index contributed by atoms with van der Waals surface area (Å²) in [4.78, 5) is 16.5. The van der Waals surface area contributed by atoms with E-state index in [0.29, 0.717) is 11.6 Å². The van der Waals surface area contributed by atoms with Gasteiger partial charge in [0.1, 0.15) is 0 Å².